The van der Waals surface area contributed by atoms with Crippen molar-refractivity contribution >= 4 is 11.9 Å². The molecule has 3 unspecified atom stereocenters. The molecule has 6 heteroatoms. The summed E-state index contributed by atoms with van der Waals surface area (Å²) in [6, 6.07) is -0.708. The molecular formula is C55H101NO5. The smallest absolute Gasteiger partial charge is 0.306 e. The van der Waals surface area contributed by atoms with Gasteiger partial charge >= 0.3 is 5.97 Å². The second-order valence-electron chi connectivity index (χ2n) is 17.9. The summed E-state index contributed by atoms with van der Waals surface area (Å²) in [6.07, 6.45) is 58.8. The van der Waals surface area contributed by atoms with Gasteiger partial charge in [-0.25, -0.2) is 0 Å². The lowest BCUT2D eigenvalue weighted by Crippen LogP contribution is -2.46. The van der Waals surface area contributed by atoms with Crippen molar-refractivity contribution < 1.29 is 24.5 Å². The normalized spacial score (nSPS) is 13.6. The third-order valence-electron chi connectivity index (χ3n) is 11.9. The highest BCUT2D eigenvalue weighted by Gasteiger charge is 2.24. The molecule has 3 N–H and O–H groups in total. The van der Waals surface area contributed by atoms with E-state index in [2.05, 4.69) is 74.7 Å². The Morgan fingerprint density at radius 2 is 0.836 bits per heavy atom. The van der Waals surface area contributed by atoms with Crippen molar-refractivity contribution in [1.82, 2.24) is 5.32 Å². The lowest BCUT2D eigenvalue weighted by molar-refractivity contribution is -0.151. The highest BCUT2D eigenvalue weighted by molar-refractivity contribution is 5.77. The molecule has 1 amide bonds. The summed E-state index contributed by atoms with van der Waals surface area (Å²) >= 11 is 0. The van der Waals surface area contributed by atoms with Gasteiger partial charge in [0.2, 0.25) is 5.91 Å². The van der Waals surface area contributed by atoms with Crippen molar-refractivity contribution in [1.29, 1.82) is 0 Å². The average Bonchev–Trinajstić information content (AvgIpc) is 3.25. The standard InChI is InChI=1S/C55H101NO5/c1-4-7-10-13-16-19-22-24-25-26-27-28-29-31-33-36-39-42-45-48-55(60)61-51(46-43-40-37-34-21-18-15-12-9-6-3)49-54(59)56-52(50-57)53(58)47-44-41-38-35-32-30-23-20-17-14-11-8-5-2/h16,18-19,21,24-25,27-28,51-53,57-58H,4-15,17,20,22-23,26,29-50H2,1-3H3,(H,56,59)/b19-16-,21-18-,25-24-,28-27-. The van der Waals surface area contributed by atoms with Gasteiger partial charge in [0.05, 0.1) is 25.2 Å². The first-order valence-electron chi connectivity index (χ1n) is 26.4. The Hall–Kier alpha value is -2.18. The molecular weight excluding hydrogens is 755 g/mol. The highest BCUT2D eigenvalue weighted by Crippen LogP contribution is 2.17. The molecule has 0 saturated carbocycles. The number of hydrogen-bond acceptors (Lipinski definition) is 5. The topological polar surface area (TPSA) is 95.9 Å². The Morgan fingerprint density at radius 3 is 1.33 bits per heavy atom. The van der Waals surface area contributed by atoms with Crippen LogP contribution >= 0.6 is 0 Å². The predicted molar refractivity (Wildman–Crippen MR) is 264 cm³/mol. The van der Waals surface area contributed by atoms with Crippen LogP contribution in [0.5, 0.6) is 0 Å². The number of esters is 1. The highest BCUT2D eigenvalue weighted by atomic mass is 16.5. The summed E-state index contributed by atoms with van der Waals surface area (Å²) in [7, 11) is 0. The van der Waals surface area contributed by atoms with Gasteiger partial charge in [-0.15, -0.1) is 0 Å². The molecule has 0 aliphatic heterocycles. The van der Waals surface area contributed by atoms with Crippen LogP contribution in [0.15, 0.2) is 48.6 Å². The molecule has 0 aliphatic carbocycles. The number of unbranched alkanes of at least 4 members (excludes halogenated alkanes) is 27. The summed E-state index contributed by atoms with van der Waals surface area (Å²) in [5.74, 6) is -0.500. The van der Waals surface area contributed by atoms with E-state index in [1.807, 2.05) is 0 Å². The number of hydrogen-bond donors (Lipinski definition) is 3. The zero-order valence-corrected chi connectivity index (χ0v) is 40.5. The first-order chi connectivity index (χ1) is 30.0. The molecule has 0 radical (unpaired) electrons. The lowest BCUT2D eigenvalue weighted by atomic mass is 10.0. The van der Waals surface area contributed by atoms with E-state index >= 15 is 0 Å². The minimum atomic E-state index is -0.793. The molecule has 61 heavy (non-hydrogen) atoms. The summed E-state index contributed by atoms with van der Waals surface area (Å²) in [6.45, 7) is 6.43. The van der Waals surface area contributed by atoms with E-state index in [-0.39, 0.29) is 24.9 Å². The fourth-order valence-electron chi connectivity index (χ4n) is 7.84. The predicted octanol–water partition coefficient (Wildman–Crippen LogP) is 15.8. The molecule has 0 saturated heterocycles. The van der Waals surface area contributed by atoms with E-state index < -0.39 is 18.2 Å². The monoisotopic (exact) mass is 856 g/mol. The van der Waals surface area contributed by atoms with Crippen molar-refractivity contribution in [3.63, 3.8) is 0 Å². The van der Waals surface area contributed by atoms with Gasteiger partial charge in [0.15, 0.2) is 0 Å². The van der Waals surface area contributed by atoms with Crippen molar-refractivity contribution in [3.05, 3.63) is 48.6 Å². The number of amides is 1. The summed E-state index contributed by atoms with van der Waals surface area (Å²) in [5.41, 5.74) is 0. The van der Waals surface area contributed by atoms with Crippen molar-refractivity contribution in [2.75, 3.05) is 6.61 Å². The van der Waals surface area contributed by atoms with Crippen LogP contribution in [0, 0.1) is 0 Å². The molecule has 3 atom stereocenters. The third kappa shape index (κ3) is 44.2. The maximum Gasteiger partial charge on any atom is 0.306 e. The molecule has 0 aromatic heterocycles. The molecule has 0 aromatic carbocycles. The number of rotatable bonds is 47. The van der Waals surface area contributed by atoms with Crippen LogP contribution in [0.25, 0.3) is 0 Å². The maximum absolute atomic E-state index is 13.2. The van der Waals surface area contributed by atoms with Gasteiger partial charge in [-0.2, -0.15) is 0 Å². The molecule has 0 aromatic rings. The van der Waals surface area contributed by atoms with E-state index in [1.54, 1.807) is 0 Å². The average molecular weight is 856 g/mol. The molecule has 356 valence electrons. The van der Waals surface area contributed by atoms with Crippen LogP contribution < -0.4 is 5.32 Å². The molecule has 0 aliphatic rings. The van der Waals surface area contributed by atoms with Crippen molar-refractivity contribution in [2.24, 2.45) is 0 Å². The minimum Gasteiger partial charge on any atom is -0.462 e. The van der Waals surface area contributed by atoms with Gasteiger partial charge in [0.1, 0.15) is 6.10 Å². The van der Waals surface area contributed by atoms with E-state index in [4.69, 9.17) is 4.74 Å². The molecule has 0 heterocycles. The van der Waals surface area contributed by atoms with Gasteiger partial charge in [-0.3, -0.25) is 9.59 Å². The van der Waals surface area contributed by atoms with Gasteiger partial charge in [-0.1, -0.05) is 211 Å². The zero-order chi connectivity index (χ0) is 44.5. The largest absolute Gasteiger partial charge is 0.462 e. The van der Waals surface area contributed by atoms with E-state index in [0.717, 1.165) is 89.9 Å². The Kier molecular flexibility index (Phi) is 47.1. The zero-order valence-electron chi connectivity index (χ0n) is 40.5. The quantitative estimate of drug-likeness (QED) is 0.0322. The van der Waals surface area contributed by atoms with Crippen LogP contribution in [-0.4, -0.2) is 46.9 Å². The van der Waals surface area contributed by atoms with E-state index in [9.17, 15) is 19.8 Å². The number of nitrogens with one attached hydrogen (secondary N) is 1. The molecule has 0 rings (SSSR count). The molecule has 0 bridgehead atoms. The maximum atomic E-state index is 13.2. The number of aliphatic hydroxyl groups is 2. The Balaban J connectivity index is 4.50. The van der Waals surface area contributed by atoms with Crippen LogP contribution in [0.2, 0.25) is 0 Å². The molecule has 0 spiro atoms. The minimum absolute atomic E-state index is 0.0618. The lowest BCUT2D eigenvalue weighted by Gasteiger charge is -2.24. The fraction of sp³-hybridized carbons (Fsp3) is 0.818. The molecule has 0 fully saturated rings. The number of ether oxygens (including phenoxy) is 1. The van der Waals surface area contributed by atoms with Gasteiger partial charge < -0.3 is 20.3 Å². The summed E-state index contributed by atoms with van der Waals surface area (Å²) in [4.78, 5) is 26.1. The van der Waals surface area contributed by atoms with Crippen LogP contribution in [0.4, 0.5) is 0 Å². The van der Waals surface area contributed by atoms with Crippen LogP contribution in [0.3, 0.4) is 0 Å². The first kappa shape index (κ1) is 58.8. The van der Waals surface area contributed by atoms with E-state index in [0.29, 0.717) is 19.3 Å². The van der Waals surface area contributed by atoms with Gasteiger partial charge in [0.25, 0.3) is 0 Å². The molecule has 6 nitrogen and oxygen atoms in total. The van der Waals surface area contributed by atoms with Crippen LogP contribution in [-0.2, 0) is 14.3 Å². The van der Waals surface area contributed by atoms with Crippen molar-refractivity contribution in [2.45, 2.75) is 283 Å². The Labute approximate surface area is 378 Å². The SMILES string of the molecule is CCCCC/C=C\C/C=C\C/C=C\CCCCCCCCC(=O)OC(CCCCC/C=C\CCCCC)CC(=O)NC(CO)C(O)CCCCCCCCCCCCCCC. The Morgan fingerprint density at radius 1 is 0.475 bits per heavy atom. The van der Waals surface area contributed by atoms with E-state index in [1.165, 1.54) is 128 Å². The third-order valence-corrected chi connectivity index (χ3v) is 11.9. The number of allylic oxidation sites excluding steroid dienone is 8. The second-order valence-corrected chi connectivity index (χ2v) is 17.9. The second kappa shape index (κ2) is 48.8. The fourth-order valence-corrected chi connectivity index (χ4v) is 7.84. The van der Waals surface area contributed by atoms with Gasteiger partial charge in [-0.05, 0) is 89.9 Å². The summed E-state index contributed by atoms with van der Waals surface area (Å²) in [5, 5.41) is 23.7. The Bertz CT molecular complexity index is 1050. The van der Waals surface area contributed by atoms with Crippen molar-refractivity contribution in [3.8, 4) is 0 Å². The first-order valence-corrected chi connectivity index (χ1v) is 26.4. The number of aliphatic hydroxyl groups excluding tert-OH is 2. The number of carbonyl (C=O) groups is 2. The summed E-state index contributed by atoms with van der Waals surface area (Å²) < 4.78 is 5.92. The van der Waals surface area contributed by atoms with Crippen LogP contribution in [0.1, 0.15) is 265 Å². The number of carbonyl (C=O) groups excluding carboxylic acids is 2. The van der Waals surface area contributed by atoms with Gasteiger partial charge in [0, 0.05) is 6.42 Å².